The summed E-state index contributed by atoms with van der Waals surface area (Å²) in [6.45, 7) is 0.114. The molecule has 1 aromatic rings. The van der Waals surface area contributed by atoms with Gasteiger partial charge in [-0.3, -0.25) is 0 Å². The SMILES string of the molecule is O=S(=O)(CCc1ccccc1)N(CCO)C1CCCCC1. The van der Waals surface area contributed by atoms with Crippen LogP contribution in [-0.4, -0.2) is 42.8 Å². The zero-order chi connectivity index (χ0) is 15.1. The van der Waals surface area contributed by atoms with E-state index in [1.165, 1.54) is 6.42 Å². The smallest absolute Gasteiger partial charge is 0.214 e. The maximum Gasteiger partial charge on any atom is 0.214 e. The number of benzene rings is 1. The summed E-state index contributed by atoms with van der Waals surface area (Å²) >= 11 is 0. The van der Waals surface area contributed by atoms with Gasteiger partial charge in [-0.15, -0.1) is 0 Å². The Bertz CT molecular complexity index is 510. The second-order valence-corrected chi connectivity index (χ2v) is 7.72. The lowest BCUT2D eigenvalue weighted by Gasteiger charge is -2.33. The van der Waals surface area contributed by atoms with E-state index in [2.05, 4.69) is 0 Å². The van der Waals surface area contributed by atoms with E-state index in [0.29, 0.717) is 6.42 Å². The van der Waals surface area contributed by atoms with Crippen molar-refractivity contribution in [1.29, 1.82) is 0 Å². The molecule has 5 heteroatoms. The molecule has 118 valence electrons. The summed E-state index contributed by atoms with van der Waals surface area (Å²) in [5, 5.41) is 9.21. The van der Waals surface area contributed by atoms with Crippen molar-refractivity contribution in [2.75, 3.05) is 18.9 Å². The summed E-state index contributed by atoms with van der Waals surface area (Å²) in [6.07, 6.45) is 5.72. The van der Waals surface area contributed by atoms with E-state index in [-0.39, 0.29) is 24.9 Å². The van der Waals surface area contributed by atoms with Crippen molar-refractivity contribution in [2.24, 2.45) is 0 Å². The Morgan fingerprint density at radius 3 is 2.38 bits per heavy atom. The van der Waals surface area contributed by atoms with Gasteiger partial charge >= 0.3 is 0 Å². The first-order valence-electron chi connectivity index (χ1n) is 7.78. The highest BCUT2D eigenvalue weighted by molar-refractivity contribution is 7.89. The lowest BCUT2D eigenvalue weighted by molar-refractivity contribution is 0.199. The molecule has 1 aliphatic rings. The van der Waals surface area contributed by atoms with Gasteiger partial charge < -0.3 is 5.11 Å². The molecule has 0 aliphatic heterocycles. The van der Waals surface area contributed by atoms with E-state index in [1.807, 2.05) is 30.3 Å². The predicted molar refractivity (Wildman–Crippen MR) is 84.6 cm³/mol. The Balaban J connectivity index is 2.02. The second-order valence-electron chi connectivity index (χ2n) is 5.68. The molecule has 1 N–H and O–H groups in total. The Hall–Kier alpha value is -0.910. The molecule has 0 spiro atoms. The summed E-state index contributed by atoms with van der Waals surface area (Å²) < 4.78 is 26.8. The van der Waals surface area contributed by atoms with E-state index < -0.39 is 10.0 Å². The maximum absolute atomic E-state index is 12.6. The van der Waals surface area contributed by atoms with Crippen LogP contribution < -0.4 is 0 Å². The zero-order valence-corrected chi connectivity index (χ0v) is 13.3. The van der Waals surface area contributed by atoms with Crippen molar-refractivity contribution in [1.82, 2.24) is 4.31 Å². The van der Waals surface area contributed by atoms with Gasteiger partial charge in [0.1, 0.15) is 0 Å². The van der Waals surface area contributed by atoms with Gasteiger partial charge in [0.05, 0.1) is 12.4 Å². The molecule has 1 saturated carbocycles. The number of nitrogens with zero attached hydrogens (tertiary/aromatic N) is 1. The largest absolute Gasteiger partial charge is 0.395 e. The molecular weight excluding hydrogens is 286 g/mol. The molecule has 0 aromatic heterocycles. The Labute approximate surface area is 127 Å². The number of sulfonamides is 1. The highest BCUT2D eigenvalue weighted by Crippen LogP contribution is 2.25. The average Bonchev–Trinajstić information content (AvgIpc) is 2.52. The van der Waals surface area contributed by atoms with Crippen LogP contribution in [-0.2, 0) is 16.4 Å². The summed E-state index contributed by atoms with van der Waals surface area (Å²) in [4.78, 5) is 0. The Morgan fingerprint density at radius 1 is 1.10 bits per heavy atom. The molecule has 0 saturated heterocycles. The lowest BCUT2D eigenvalue weighted by atomic mass is 9.95. The van der Waals surface area contributed by atoms with Gasteiger partial charge in [0.15, 0.2) is 0 Å². The highest BCUT2D eigenvalue weighted by atomic mass is 32.2. The first-order chi connectivity index (χ1) is 10.1. The number of rotatable bonds is 7. The molecule has 0 atom stereocenters. The molecule has 0 amide bonds. The van der Waals surface area contributed by atoms with Gasteiger partial charge in [-0.05, 0) is 24.8 Å². The Kier molecular flexibility index (Phi) is 6.21. The van der Waals surface area contributed by atoms with Crippen LogP contribution in [0.2, 0.25) is 0 Å². The third kappa shape index (κ3) is 4.80. The van der Waals surface area contributed by atoms with Crippen LogP contribution in [0.25, 0.3) is 0 Å². The fraction of sp³-hybridized carbons (Fsp3) is 0.625. The van der Waals surface area contributed by atoms with Crippen LogP contribution in [0.15, 0.2) is 30.3 Å². The molecule has 1 aromatic carbocycles. The molecule has 21 heavy (non-hydrogen) atoms. The summed E-state index contributed by atoms with van der Waals surface area (Å²) in [7, 11) is -3.31. The fourth-order valence-electron chi connectivity index (χ4n) is 3.03. The minimum Gasteiger partial charge on any atom is -0.395 e. The van der Waals surface area contributed by atoms with Crippen molar-refractivity contribution in [3.8, 4) is 0 Å². The molecule has 0 bridgehead atoms. The van der Waals surface area contributed by atoms with Crippen LogP contribution in [0.4, 0.5) is 0 Å². The van der Waals surface area contributed by atoms with Gasteiger partial charge in [0.2, 0.25) is 10.0 Å². The molecule has 4 nitrogen and oxygen atoms in total. The van der Waals surface area contributed by atoms with E-state index >= 15 is 0 Å². The minimum absolute atomic E-state index is 0.0756. The normalized spacial score (nSPS) is 17.2. The molecule has 2 rings (SSSR count). The van der Waals surface area contributed by atoms with Crippen molar-refractivity contribution < 1.29 is 13.5 Å². The third-order valence-electron chi connectivity index (χ3n) is 4.15. The highest BCUT2D eigenvalue weighted by Gasteiger charge is 2.30. The monoisotopic (exact) mass is 311 g/mol. The topological polar surface area (TPSA) is 57.6 Å². The number of hydrogen-bond acceptors (Lipinski definition) is 3. The number of hydrogen-bond donors (Lipinski definition) is 1. The molecule has 0 heterocycles. The van der Waals surface area contributed by atoms with Crippen LogP contribution in [0, 0.1) is 0 Å². The third-order valence-corrected chi connectivity index (χ3v) is 6.07. The quantitative estimate of drug-likeness (QED) is 0.840. The molecule has 1 aliphatic carbocycles. The number of aryl methyl sites for hydroxylation is 1. The van der Waals surface area contributed by atoms with Crippen molar-refractivity contribution >= 4 is 10.0 Å². The minimum atomic E-state index is -3.31. The lowest BCUT2D eigenvalue weighted by Crippen LogP contribution is -2.44. The standard InChI is InChI=1S/C16H25NO3S/c18-13-12-17(16-9-5-2-6-10-16)21(19,20)14-11-15-7-3-1-4-8-15/h1,3-4,7-8,16,18H,2,5-6,9-14H2. The maximum atomic E-state index is 12.6. The first kappa shape index (κ1) is 16.5. The van der Waals surface area contributed by atoms with Crippen LogP contribution in [0.3, 0.4) is 0 Å². The zero-order valence-electron chi connectivity index (χ0n) is 12.4. The Morgan fingerprint density at radius 2 is 1.76 bits per heavy atom. The summed E-state index contributed by atoms with van der Waals surface area (Å²) in [6, 6.07) is 9.76. The van der Waals surface area contributed by atoms with Gasteiger partial charge in [-0.2, -0.15) is 4.31 Å². The van der Waals surface area contributed by atoms with Gasteiger partial charge in [0.25, 0.3) is 0 Å². The van der Waals surface area contributed by atoms with Crippen molar-refractivity contribution in [3.63, 3.8) is 0 Å². The van der Waals surface area contributed by atoms with Gasteiger partial charge in [-0.25, -0.2) is 8.42 Å². The predicted octanol–water partition coefficient (Wildman–Crippen LogP) is 2.19. The average molecular weight is 311 g/mol. The van der Waals surface area contributed by atoms with Crippen molar-refractivity contribution in [2.45, 2.75) is 44.6 Å². The molecule has 0 radical (unpaired) electrons. The number of aliphatic hydroxyl groups excluding tert-OH is 1. The first-order valence-corrected chi connectivity index (χ1v) is 9.39. The number of aliphatic hydroxyl groups is 1. The van der Waals surface area contributed by atoms with Gasteiger partial charge in [0, 0.05) is 12.6 Å². The van der Waals surface area contributed by atoms with E-state index in [1.54, 1.807) is 4.31 Å². The van der Waals surface area contributed by atoms with E-state index in [9.17, 15) is 13.5 Å². The van der Waals surface area contributed by atoms with E-state index in [0.717, 1.165) is 31.2 Å². The van der Waals surface area contributed by atoms with Crippen LogP contribution >= 0.6 is 0 Å². The van der Waals surface area contributed by atoms with Crippen LogP contribution in [0.1, 0.15) is 37.7 Å². The fourth-order valence-corrected chi connectivity index (χ4v) is 4.78. The molecular formula is C16H25NO3S. The molecule has 0 unspecified atom stereocenters. The second kappa shape index (κ2) is 7.92. The molecule has 1 fully saturated rings. The summed E-state index contributed by atoms with van der Waals surface area (Å²) in [5.74, 6) is 0.119. The summed E-state index contributed by atoms with van der Waals surface area (Å²) in [5.41, 5.74) is 1.04. The van der Waals surface area contributed by atoms with Gasteiger partial charge in [-0.1, -0.05) is 49.6 Å². The van der Waals surface area contributed by atoms with Crippen molar-refractivity contribution in [3.05, 3.63) is 35.9 Å². The van der Waals surface area contributed by atoms with Crippen LogP contribution in [0.5, 0.6) is 0 Å². The van der Waals surface area contributed by atoms with E-state index in [4.69, 9.17) is 0 Å².